The van der Waals surface area contributed by atoms with Gasteiger partial charge in [-0.15, -0.1) is 0 Å². The fraction of sp³-hybridized carbons (Fsp3) is 0.333. The number of amides is 1. The normalized spacial score (nSPS) is 17.4. The second-order valence-corrected chi connectivity index (χ2v) is 6.66. The van der Waals surface area contributed by atoms with E-state index in [0.29, 0.717) is 23.4 Å². The fourth-order valence-corrected chi connectivity index (χ4v) is 3.51. The largest absolute Gasteiger partial charge is 0.340 e. The molecule has 3 heterocycles. The van der Waals surface area contributed by atoms with Gasteiger partial charge < -0.3 is 14.9 Å². The molecule has 2 aromatic heterocycles. The lowest BCUT2D eigenvalue weighted by atomic mass is 10.0. The Balaban J connectivity index is 1.62. The summed E-state index contributed by atoms with van der Waals surface area (Å²) in [6.07, 6.45) is 3.69. The Bertz CT molecular complexity index is 1120. The Kier molecular flexibility index (Phi) is 4.35. The van der Waals surface area contributed by atoms with Crippen molar-refractivity contribution in [1.29, 1.82) is 0 Å². The third kappa shape index (κ3) is 3.40. The van der Waals surface area contributed by atoms with Gasteiger partial charge in [0, 0.05) is 18.3 Å². The molecule has 1 atom stereocenters. The first-order valence-corrected chi connectivity index (χ1v) is 8.77. The predicted molar refractivity (Wildman–Crippen MR) is 95.7 cm³/mol. The minimum absolute atomic E-state index is 0.114. The van der Waals surface area contributed by atoms with Crippen LogP contribution in [0.15, 0.2) is 34.0 Å². The van der Waals surface area contributed by atoms with Crippen molar-refractivity contribution in [2.75, 3.05) is 6.54 Å². The number of piperidine rings is 1. The molecule has 27 heavy (non-hydrogen) atoms. The topological polar surface area (TPSA) is 115 Å². The first-order chi connectivity index (χ1) is 13.0. The van der Waals surface area contributed by atoms with Gasteiger partial charge in [-0.1, -0.05) is 0 Å². The molecule has 0 aliphatic carbocycles. The van der Waals surface area contributed by atoms with Gasteiger partial charge in [0.05, 0.1) is 23.5 Å². The van der Waals surface area contributed by atoms with E-state index in [1.165, 1.54) is 18.3 Å². The zero-order valence-corrected chi connectivity index (χ0v) is 14.4. The maximum absolute atomic E-state index is 13.4. The summed E-state index contributed by atoms with van der Waals surface area (Å²) in [5, 5.41) is 0. The lowest BCUT2D eigenvalue weighted by molar-refractivity contribution is -0.134. The molecular weight excluding hydrogens is 353 g/mol. The second-order valence-electron chi connectivity index (χ2n) is 6.66. The van der Waals surface area contributed by atoms with E-state index in [0.717, 1.165) is 19.3 Å². The monoisotopic (exact) mass is 371 g/mol. The van der Waals surface area contributed by atoms with Gasteiger partial charge in [-0.25, -0.2) is 14.2 Å². The second kappa shape index (κ2) is 6.82. The van der Waals surface area contributed by atoms with Crippen molar-refractivity contribution in [2.24, 2.45) is 0 Å². The number of fused-ring (bicyclic) bond motifs is 1. The van der Waals surface area contributed by atoms with Crippen molar-refractivity contribution >= 4 is 16.9 Å². The number of imidazole rings is 1. The van der Waals surface area contributed by atoms with Gasteiger partial charge in [0.15, 0.2) is 0 Å². The SMILES string of the molecule is O=C(Cc1c[nH]c(=O)[nH]c1=O)N1CCCC[C@H]1c1nc2ccc(F)cc2[nH]1. The van der Waals surface area contributed by atoms with Crippen molar-refractivity contribution in [3.05, 3.63) is 62.4 Å². The smallest absolute Gasteiger partial charge is 0.325 e. The highest BCUT2D eigenvalue weighted by Crippen LogP contribution is 2.31. The first-order valence-electron chi connectivity index (χ1n) is 8.77. The van der Waals surface area contributed by atoms with E-state index in [1.807, 2.05) is 0 Å². The summed E-state index contributed by atoms with van der Waals surface area (Å²) in [7, 11) is 0. The van der Waals surface area contributed by atoms with Crippen LogP contribution < -0.4 is 11.2 Å². The number of aromatic nitrogens is 4. The van der Waals surface area contributed by atoms with Gasteiger partial charge in [0.25, 0.3) is 5.56 Å². The van der Waals surface area contributed by atoms with E-state index in [9.17, 15) is 18.8 Å². The molecule has 8 nitrogen and oxygen atoms in total. The van der Waals surface area contributed by atoms with Crippen molar-refractivity contribution in [1.82, 2.24) is 24.8 Å². The third-order valence-electron chi connectivity index (χ3n) is 4.84. The van der Waals surface area contributed by atoms with Crippen LogP contribution in [0.3, 0.4) is 0 Å². The molecule has 0 bridgehead atoms. The Morgan fingerprint density at radius 1 is 1.26 bits per heavy atom. The summed E-state index contributed by atoms with van der Waals surface area (Å²) < 4.78 is 13.4. The molecule has 1 fully saturated rings. The molecule has 1 amide bonds. The Hall–Kier alpha value is -3.23. The average Bonchev–Trinajstić information content (AvgIpc) is 3.07. The molecule has 1 saturated heterocycles. The maximum Gasteiger partial charge on any atom is 0.325 e. The van der Waals surface area contributed by atoms with Crippen LogP contribution in [0, 0.1) is 5.82 Å². The van der Waals surface area contributed by atoms with Crippen LogP contribution in [0.2, 0.25) is 0 Å². The summed E-state index contributed by atoms with van der Waals surface area (Å²) in [5.74, 6) is 0.0366. The summed E-state index contributed by atoms with van der Waals surface area (Å²) in [6.45, 7) is 0.552. The van der Waals surface area contributed by atoms with Crippen LogP contribution in [-0.4, -0.2) is 37.3 Å². The summed E-state index contributed by atoms with van der Waals surface area (Å²) in [5.41, 5.74) is 0.249. The highest BCUT2D eigenvalue weighted by atomic mass is 19.1. The Morgan fingerprint density at radius 2 is 2.11 bits per heavy atom. The molecule has 1 aromatic carbocycles. The van der Waals surface area contributed by atoms with Crippen LogP contribution in [0.4, 0.5) is 4.39 Å². The highest BCUT2D eigenvalue weighted by Gasteiger charge is 2.30. The van der Waals surface area contributed by atoms with Crippen LogP contribution in [0.1, 0.15) is 36.7 Å². The van der Waals surface area contributed by atoms with Gasteiger partial charge in [-0.3, -0.25) is 14.6 Å². The van der Waals surface area contributed by atoms with Gasteiger partial charge in [0.1, 0.15) is 11.6 Å². The minimum Gasteiger partial charge on any atom is -0.340 e. The number of aromatic amines is 3. The zero-order chi connectivity index (χ0) is 19.0. The molecule has 0 spiro atoms. The number of rotatable bonds is 3. The van der Waals surface area contributed by atoms with E-state index < -0.39 is 11.2 Å². The van der Waals surface area contributed by atoms with E-state index in [4.69, 9.17) is 0 Å². The molecule has 1 aliphatic rings. The number of hydrogen-bond acceptors (Lipinski definition) is 4. The number of carbonyl (C=O) groups is 1. The van der Waals surface area contributed by atoms with E-state index in [2.05, 4.69) is 19.9 Å². The summed E-state index contributed by atoms with van der Waals surface area (Å²) in [4.78, 5) is 49.7. The molecule has 0 unspecified atom stereocenters. The number of halogens is 1. The number of likely N-dealkylation sites (tertiary alicyclic amines) is 1. The molecule has 0 radical (unpaired) electrons. The summed E-state index contributed by atoms with van der Waals surface area (Å²) >= 11 is 0. The van der Waals surface area contributed by atoms with E-state index in [-0.39, 0.29) is 29.8 Å². The maximum atomic E-state index is 13.4. The first kappa shape index (κ1) is 17.2. The Morgan fingerprint density at radius 3 is 2.93 bits per heavy atom. The number of benzene rings is 1. The molecular formula is C18H18FN5O3. The number of carbonyl (C=O) groups excluding carboxylic acids is 1. The number of hydrogen-bond donors (Lipinski definition) is 3. The lowest BCUT2D eigenvalue weighted by Gasteiger charge is -2.34. The van der Waals surface area contributed by atoms with Crippen LogP contribution in [0.25, 0.3) is 11.0 Å². The van der Waals surface area contributed by atoms with Gasteiger partial charge in [-0.05, 0) is 37.5 Å². The molecule has 3 aromatic rings. The molecule has 3 N–H and O–H groups in total. The summed E-state index contributed by atoms with van der Waals surface area (Å²) in [6, 6.07) is 4.06. The predicted octanol–water partition coefficient (Wildman–Crippen LogP) is 1.37. The van der Waals surface area contributed by atoms with Gasteiger partial charge >= 0.3 is 5.69 Å². The highest BCUT2D eigenvalue weighted by molar-refractivity contribution is 5.79. The van der Waals surface area contributed by atoms with Crippen molar-refractivity contribution in [3.8, 4) is 0 Å². The van der Waals surface area contributed by atoms with Gasteiger partial charge in [0.2, 0.25) is 5.91 Å². The van der Waals surface area contributed by atoms with Crippen molar-refractivity contribution in [2.45, 2.75) is 31.7 Å². The standard InChI is InChI=1S/C18H18FN5O3/c19-11-4-5-12-13(8-11)22-16(21-12)14-3-1-2-6-24(14)15(25)7-10-9-20-18(27)23-17(10)26/h4-5,8-9,14H,1-3,6-7H2,(H,21,22)(H2,20,23,26,27)/t14-/m0/s1. The van der Waals surface area contributed by atoms with Crippen LogP contribution in [0.5, 0.6) is 0 Å². The number of nitrogens with one attached hydrogen (secondary N) is 3. The molecule has 4 rings (SSSR count). The zero-order valence-electron chi connectivity index (χ0n) is 14.4. The number of H-pyrrole nitrogens is 3. The Labute approximate surface area is 152 Å². The van der Waals surface area contributed by atoms with E-state index in [1.54, 1.807) is 11.0 Å². The van der Waals surface area contributed by atoms with Gasteiger partial charge in [-0.2, -0.15) is 0 Å². The fourth-order valence-electron chi connectivity index (χ4n) is 3.51. The van der Waals surface area contributed by atoms with Crippen LogP contribution in [-0.2, 0) is 11.2 Å². The lowest BCUT2D eigenvalue weighted by Crippen LogP contribution is -2.40. The quantitative estimate of drug-likeness (QED) is 0.645. The minimum atomic E-state index is -0.610. The molecule has 0 saturated carbocycles. The average molecular weight is 371 g/mol. The number of nitrogens with zero attached hydrogens (tertiary/aromatic N) is 2. The van der Waals surface area contributed by atoms with E-state index >= 15 is 0 Å². The molecule has 9 heteroatoms. The van der Waals surface area contributed by atoms with Crippen molar-refractivity contribution in [3.63, 3.8) is 0 Å². The molecule has 1 aliphatic heterocycles. The van der Waals surface area contributed by atoms with Crippen LogP contribution >= 0.6 is 0 Å². The third-order valence-corrected chi connectivity index (χ3v) is 4.84. The van der Waals surface area contributed by atoms with Crippen molar-refractivity contribution < 1.29 is 9.18 Å². The molecule has 140 valence electrons.